The van der Waals surface area contributed by atoms with Crippen LogP contribution in [-0.4, -0.2) is 15.9 Å². The normalized spacial score (nSPS) is 10.9. The van der Waals surface area contributed by atoms with Crippen molar-refractivity contribution in [1.82, 2.24) is 9.97 Å². The number of carbonyl (C=O) groups is 1. The fourth-order valence-corrected chi connectivity index (χ4v) is 2.93. The molecule has 140 valence electrons. The Labute approximate surface area is 159 Å². The van der Waals surface area contributed by atoms with Crippen molar-refractivity contribution in [1.29, 1.82) is 0 Å². The Bertz CT molecular complexity index is 1210. The van der Waals surface area contributed by atoms with Crippen LogP contribution in [0.25, 0.3) is 22.1 Å². The number of aromatic amines is 1. The first-order chi connectivity index (χ1) is 13.6. The highest BCUT2D eigenvalue weighted by Gasteiger charge is 2.12. The van der Waals surface area contributed by atoms with Gasteiger partial charge in [-0.25, -0.2) is 9.37 Å². The topological polar surface area (TPSA) is 88.0 Å². The molecule has 0 aliphatic heterocycles. The van der Waals surface area contributed by atoms with Gasteiger partial charge in [0, 0.05) is 30.1 Å². The molecule has 0 atom stereocenters. The molecule has 2 aromatic carbocycles. The summed E-state index contributed by atoms with van der Waals surface area (Å²) in [6.45, 7) is 0. The molecule has 0 saturated carbocycles. The minimum Gasteiger partial charge on any atom is -0.441 e. The van der Waals surface area contributed by atoms with Crippen LogP contribution in [0.1, 0.15) is 12.3 Å². The van der Waals surface area contributed by atoms with Crippen molar-refractivity contribution in [2.75, 3.05) is 5.32 Å². The highest BCUT2D eigenvalue weighted by molar-refractivity contribution is 5.94. The SMILES string of the molecule is O=C(CCc1ncc(-c2ccccc2F)o1)Nc1ccc2c(=O)[nH]ccc2c1. The summed E-state index contributed by atoms with van der Waals surface area (Å²) in [7, 11) is 0. The van der Waals surface area contributed by atoms with Crippen molar-refractivity contribution < 1.29 is 13.6 Å². The number of anilines is 1. The molecule has 0 fully saturated rings. The molecule has 0 bridgehead atoms. The summed E-state index contributed by atoms with van der Waals surface area (Å²) in [5.41, 5.74) is 0.754. The Morgan fingerprint density at radius 2 is 2.04 bits per heavy atom. The highest BCUT2D eigenvalue weighted by atomic mass is 19.1. The fourth-order valence-electron chi connectivity index (χ4n) is 2.93. The molecule has 0 aliphatic carbocycles. The van der Waals surface area contributed by atoms with Crippen LogP contribution < -0.4 is 10.9 Å². The van der Waals surface area contributed by atoms with Gasteiger partial charge in [-0.15, -0.1) is 0 Å². The summed E-state index contributed by atoms with van der Waals surface area (Å²) in [4.78, 5) is 30.6. The molecule has 2 aromatic heterocycles. The van der Waals surface area contributed by atoms with Crippen LogP contribution in [0.4, 0.5) is 10.1 Å². The molecule has 28 heavy (non-hydrogen) atoms. The summed E-state index contributed by atoms with van der Waals surface area (Å²) < 4.78 is 19.4. The fraction of sp³-hybridized carbons (Fsp3) is 0.0952. The van der Waals surface area contributed by atoms with Crippen molar-refractivity contribution in [3.05, 3.63) is 83.0 Å². The second-order valence-electron chi connectivity index (χ2n) is 6.26. The number of oxazole rings is 1. The van der Waals surface area contributed by atoms with Gasteiger partial charge in [0.25, 0.3) is 5.56 Å². The lowest BCUT2D eigenvalue weighted by molar-refractivity contribution is -0.116. The van der Waals surface area contributed by atoms with E-state index in [9.17, 15) is 14.0 Å². The maximum atomic E-state index is 13.8. The molecular formula is C21H16FN3O3. The maximum absolute atomic E-state index is 13.8. The highest BCUT2D eigenvalue weighted by Crippen LogP contribution is 2.23. The molecular weight excluding hydrogens is 361 g/mol. The number of nitrogens with one attached hydrogen (secondary N) is 2. The van der Waals surface area contributed by atoms with Crippen LogP contribution in [0.2, 0.25) is 0 Å². The number of pyridine rings is 1. The van der Waals surface area contributed by atoms with E-state index in [2.05, 4.69) is 15.3 Å². The molecule has 0 saturated heterocycles. The van der Waals surface area contributed by atoms with Gasteiger partial charge in [0.15, 0.2) is 11.7 Å². The Balaban J connectivity index is 1.40. The van der Waals surface area contributed by atoms with Crippen LogP contribution in [0.3, 0.4) is 0 Å². The zero-order chi connectivity index (χ0) is 19.5. The molecule has 0 unspecified atom stereocenters. The third kappa shape index (κ3) is 3.68. The lowest BCUT2D eigenvalue weighted by Crippen LogP contribution is -2.12. The lowest BCUT2D eigenvalue weighted by Gasteiger charge is -2.05. The number of aromatic nitrogens is 2. The Morgan fingerprint density at radius 1 is 1.18 bits per heavy atom. The Morgan fingerprint density at radius 3 is 2.89 bits per heavy atom. The first kappa shape index (κ1) is 17.7. The molecule has 4 rings (SSSR count). The van der Waals surface area contributed by atoms with E-state index in [0.717, 1.165) is 5.39 Å². The van der Waals surface area contributed by atoms with Gasteiger partial charge in [-0.2, -0.15) is 0 Å². The van der Waals surface area contributed by atoms with Gasteiger partial charge in [-0.1, -0.05) is 12.1 Å². The summed E-state index contributed by atoms with van der Waals surface area (Å²) in [5, 5.41) is 4.09. The number of aryl methyl sites for hydroxylation is 1. The largest absolute Gasteiger partial charge is 0.441 e. The van der Waals surface area contributed by atoms with Crippen LogP contribution in [0.15, 0.2) is 70.1 Å². The number of amides is 1. The zero-order valence-corrected chi connectivity index (χ0v) is 14.7. The van der Waals surface area contributed by atoms with E-state index in [1.165, 1.54) is 12.3 Å². The van der Waals surface area contributed by atoms with Crippen LogP contribution in [0.5, 0.6) is 0 Å². The van der Waals surface area contributed by atoms with Gasteiger partial charge in [0.2, 0.25) is 5.91 Å². The van der Waals surface area contributed by atoms with Gasteiger partial charge in [0.1, 0.15) is 5.82 Å². The Kier molecular flexibility index (Phi) is 4.72. The lowest BCUT2D eigenvalue weighted by atomic mass is 10.1. The average Bonchev–Trinajstić information content (AvgIpc) is 3.16. The van der Waals surface area contributed by atoms with Gasteiger partial charge in [-0.3, -0.25) is 9.59 Å². The quantitative estimate of drug-likeness (QED) is 0.552. The number of carbonyl (C=O) groups excluding carboxylic acids is 1. The van der Waals surface area contributed by atoms with Gasteiger partial charge >= 0.3 is 0 Å². The smallest absolute Gasteiger partial charge is 0.255 e. The predicted molar refractivity (Wildman–Crippen MR) is 103 cm³/mol. The minimum absolute atomic E-state index is 0.157. The van der Waals surface area contributed by atoms with Crippen LogP contribution >= 0.6 is 0 Å². The van der Waals surface area contributed by atoms with E-state index in [-0.39, 0.29) is 24.3 Å². The Hall–Kier alpha value is -3.74. The molecule has 2 heterocycles. The van der Waals surface area contributed by atoms with Crippen LogP contribution in [0, 0.1) is 5.82 Å². The standard InChI is InChI=1S/C21H16FN3O3/c22-17-4-2-1-3-16(17)18-12-24-20(28-18)8-7-19(26)25-14-5-6-15-13(11-14)9-10-23-21(15)27/h1-6,9-12H,7-8H2,(H,23,27)(H,25,26). The molecule has 0 spiro atoms. The van der Waals surface area contributed by atoms with E-state index in [1.807, 2.05) is 0 Å². The number of rotatable bonds is 5. The molecule has 0 radical (unpaired) electrons. The molecule has 4 aromatic rings. The maximum Gasteiger partial charge on any atom is 0.255 e. The zero-order valence-electron chi connectivity index (χ0n) is 14.7. The van der Waals surface area contributed by atoms with E-state index in [0.29, 0.717) is 28.3 Å². The summed E-state index contributed by atoms with van der Waals surface area (Å²) in [6, 6.07) is 13.1. The first-order valence-corrected chi connectivity index (χ1v) is 8.71. The van der Waals surface area contributed by atoms with E-state index in [4.69, 9.17) is 4.42 Å². The third-order valence-electron chi connectivity index (χ3n) is 4.32. The van der Waals surface area contributed by atoms with Crippen molar-refractivity contribution in [3.63, 3.8) is 0 Å². The number of hydrogen-bond acceptors (Lipinski definition) is 4. The number of halogens is 1. The van der Waals surface area contributed by atoms with Gasteiger partial charge in [0.05, 0.1) is 11.8 Å². The summed E-state index contributed by atoms with van der Waals surface area (Å²) >= 11 is 0. The van der Waals surface area contributed by atoms with Crippen molar-refractivity contribution in [2.24, 2.45) is 0 Å². The number of hydrogen-bond donors (Lipinski definition) is 2. The number of benzene rings is 2. The van der Waals surface area contributed by atoms with Crippen molar-refractivity contribution >= 4 is 22.4 Å². The number of fused-ring (bicyclic) bond motifs is 1. The second-order valence-corrected chi connectivity index (χ2v) is 6.26. The molecule has 6 nitrogen and oxygen atoms in total. The molecule has 1 amide bonds. The van der Waals surface area contributed by atoms with Crippen molar-refractivity contribution in [3.8, 4) is 11.3 Å². The van der Waals surface area contributed by atoms with Crippen LogP contribution in [-0.2, 0) is 11.2 Å². The number of H-pyrrole nitrogens is 1. The number of nitrogens with zero attached hydrogens (tertiary/aromatic N) is 1. The average molecular weight is 377 g/mol. The van der Waals surface area contributed by atoms with E-state index in [1.54, 1.807) is 48.7 Å². The third-order valence-corrected chi connectivity index (χ3v) is 4.32. The second kappa shape index (κ2) is 7.48. The first-order valence-electron chi connectivity index (χ1n) is 8.71. The van der Waals surface area contributed by atoms with Gasteiger partial charge < -0.3 is 14.7 Å². The summed E-state index contributed by atoms with van der Waals surface area (Å²) in [5.74, 6) is 0.0830. The molecule has 2 N–H and O–H groups in total. The van der Waals surface area contributed by atoms with E-state index >= 15 is 0 Å². The van der Waals surface area contributed by atoms with Gasteiger partial charge in [-0.05, 0) is 41.8 Å². The monoisotopic (exact) mass is 377 g/mol. The van der Waals surface area contributed by atoms with Crippen molar-refractivity contribution in [2.45, 2.75) is 12.8 Å². The molecule has 0 aliphatic rings. The minimum atomic E-state index is -0.391. The molecule has 7 heteroatoms. The van der Waals surface area contributed by atoms with E-state index < -0.39 is 5.82 Å². The predicted octanol–water partition coefficient (Wildman–Crippen LogP) is 3.89. The summed E-state index contributed by atoms with van der Waals surface area (Å²) in [6.07, 6.45) is 3.46.